The van der Waals surface area contributed by atoms with Crippen molar-refractivity contribution in [1.29, 1.82) is 0 Å². The van der Waals surface area contributed by atoms with E-state index in [1.54, 1.807) is 0 Å². The minimum absolute atomic E-state index is 0.202. The number of rotatable bonds is 6. The molecule has 3 aliphatic rings. The van der Waals surface area contributed by atoms with Crippen LogP contribution in [0.2, 0.25) is 0 Å². The van der Waals surface area contributed by atoms with Crippen molar-refractivity contribution >= 4 is 0 Å². The van der Waals surface area contributed by atoms with Crippen LogP contribution in [0.4, 0.5) is 0 Å². The molecule has 2 saturated heterocycles. The van der Waals surface area contributed by atoms with Crippen LogP contribution >= 0.6 is 0 Å². The second-order valence-corrected chi connectivity index (χ2v) is 7.64. The third-order valence-electron chi connectivity index (χ3n) is 5.64. The number of aromatic nitrogens is 1. The Morgan fingerprint density at radius 3 is 3.13 bits per heavy atom. The minimum atomic E-state index is 0.202. The van der Waals surface area contributed by atoms with Gasteiger partial charge in [0.2, 0.25) is 0 Å². The van der Waals surface area contributed by atoms with Gasteiger partial charge in [0.1, 0.15) is 0 Å². The molecule has 2 atom stereocenters. The van der Waals surface area contributed by atoms with Gasteiger partial charge < -0.3 is 9.47 Å². The Bertz CT molecular complexity index is 505. The van der Waals surface area contributed by atoms with Gasteiger partial charge in [-0.2, -0.15) is 0 Å². The summed E-state index contributed by atoms with van der Waals surface area (Å²) in [5, 5.41) is 0. The van der Waals surface area contributed by atoms with Crippen LogP contribution in [-0.2, 0) is 16.0 Å². The van der Waals surface area contributed by atoms with Crippen LogP contribution in [0.25, 0.3) is 0 Å². The third kappa shape index (κ3) is 3.76. The Kier molecular flexibility index (Phi) is 4.65. The van der Waals surface area contributed by atoms with Crippen LogP contribution < -0.4 is 0 Å². The molecule has 2 aliphatic heterocycles. The predicted octanol–water partition coefficient (Wildman–Crippen LogP) is 2.88. The second kappa shape index (κ2) is 6.88. The summed E-state index contributed by atoms with van der Waals surface area (Å²) in [5.74, 6) is 0.837. The molecule has 0 unspecified atom stereocenters. The molecule has 1 aromatic rings. The summed E-state index contributed by atoms with van der Waals surface area (Å²) in [4.78, 5) is 6.82. The molecule has 0 spiro atoms. The molecule has 0 N–H and O–H groups in total. The van der Waals surface area contributed by atoms with E-state index in [0.29, 0.717) is 6.10 Å². The van der Waals surface area contributed by atoms with E-state index >= 15 is 0 Å². The lowest BCUT2D eigenvalue weighted by Gasteiger charge is -2.50. The Morgan fingerprint density at radius 2 is 2.30 bits per heavy atom. The molecule has 23 heavy (non-hydrogen) atoms. The first-order valence-corrected chi connectivity index (χ1v) is 9.15. The molecule has 3 fully saturated rings. The molecule has 4 rings (SSSR count). The van der Waals surface area contributed by atoms with Gasteiger partial charge in [0.25, 0.3) is 0 Å². The average molecular weight is 316 g/mol. The fraction of sp³-hybridized carbons (Fsp3) is 0.737. The smallest absolute Gasteiger partial charge is 0.0677 e. The average Bonchev–Trinajstić information content (AvgIpc) is 3.40. The molecule has 0 aromatic carbocycles. The summed E-state index contributed by atoms with van der Waals surface area (Å²) in [6.07, 6.45) is 10.5. The molecule has 0 bridgehead atoms. The van der Waals surface area contributed by atoms with Crippen LogP contribution in [0, 0.1) is 11.3 Å². The van der Waals surface area contributed by atoms with Gasteiger partial charge in [-0.15, -0.1) is 0 Å². The van der Waals surface area contributed by atoms with Gasteiger partial charge in [0.15, 0.2) is 0 Å². The first-order valence-electron chi connectivity index (χ1n) is 9.15. The van der Waals surface area contributed by atoms with Crippen LogP contribution in [0.15, 0.2) is 24.5 Å². The fourth-order valence-electron chi connectivity index (χ4n) is 4.19. The fourth-order valence-corrected chi connectivity index (χ4v) is 4.19. The van der Waals surface area contributed by atoms with E-state index in [9.17, 15) is 0 Å². The standard InChI is InChI=1S/C19H28N2O2/c1-3-17(11-20-8-1)12-21-9-6-18-19(14-21,7-2-10-23-18)15-22-13-16-4-5-16/h1,3,8,11,16,18H,2,4-7,9-10,12-15H2/t18-,19-/m0/s1. The SMILES string of the molecule is c1cncc(CN2CC[C@@H]3OCCC[C@@]3(COCC3CC3)C2)c1. The lowest BCUT2D eigenvalue weighted by molar-refractivity contribution is -0.154. The van der Waals surface area contributed by atoms with Crippen molar-refractivity contribution in [3.05, 3.63) is 30.1 Å². The van der Waals surface area contributed by atoms with Crippen molar-refractivity contribution in [2.45, 2.75) is 44.8 Å². The normalized spacial score (nSPS) is 31.7. The highest BCUT2D eigenvalue weighted by atomic mass is 16.5. The maximum absolute atomic E-state index is 6.14. The molecule has 126 valence electrons. The first kappa shape index (κ1) is 15.6. The van der Waals surface area contributed by atoms with Gasteiger partial charge >= 0.3 is 0 Å². The molecule has 0 radical (unpaired) electrons. The number of ether oxygens (including phenoxy) is 2. The van der Waals surface area contributed by atoms with Crippen molar-refractivity contribution < 1.29 is 9.47 Å². The minimum Gasteiger partial charge on any atom is -0.380 e. The molecule has 1 aliphatic carbocycles. The number of nitrogens with zero attached hydrogens (tertiary/aromatic N) is 2. The zero-order chi connectivity index (χ0) is 15.5. The molecule has 4 heteroatoms. The Balaban J connectivity index is 1.41. The lowest BCUT2D eigenvalue weighted by Crippen LogP contribution is -2.56. The quantitative estimate of drug-likeness (QED) is 0.808. The molecule has 3 heterocycles. The van der Waals surface area contributed by atoms with Crippen molar-refractivity contribution in [2.24, 2.45) is 11.3 Å². The number of pyridine rings is 1. The summed E-state index contributed by atoms with van der Waals surface area (Å²) in [7, 11) is 0. The van der Waals surface area contributed by atoms with Crippen LogP contribution in [-0.4, -0.2) is 48.9 Å². The Morgan fingerprint density at radius 1 is 1.35 bits per heavy atom. The highest BCUT2D eigenvalue weighted by Gasteiger charge is 2.46. The monoisotopic (exact) mass is 316 g/mol. The summed E-state index contributed by atoms with van der Waals surface area (Å²) in [5.41, 5.74) is 1.50. The van der Waals surface area contributed by atoms with Crippen molar-refractivity contribution in [3.63, 3.8) is 0 Å². The number of likely N-dealkylation sites (tertiary alicyclic amines) is 1. The van der Waals surface area contributed by atoms with E-state index in [2.05, 4.69) is 16.0 Å². The van der Waals surface area contributed by atoms with Gasteiger partial charge in [0, 0.05) is 50.7 Å². The molecule has 0 amide bonds. The second-order valence-electron chi connectivity index (χ2n) is 7.64. The third-order valence-corrected chi connectivity index (χ3v) is 5.64. The summed E-state index contributed by atoms with van der Waals surface area (Å²) >= 11 is 0. The van der Waals surface area contributed by atoms with Crippen molar-refractivity contribution in [2.75, 3.05) is 32.9 Å². The van der Waals surface area contributed by atoms with Crippen molar-refractivity contribution in [3.8, 4) is 0 Å². The van der Waals surface area contributed by atoms with Gasteiger partial charge in [0.05, 0.1) is 12.7 Å². The molecule has 1 saturated carbocycles. The molecule has 1 aromatic heterocycles. The van der Waals surface area contributed by atoms with Gasteiger partial charge in [-0.3, -0.25) is 9.88 Å². The molecule has 4 nitrogen and oxygen atoms in total. The van der Waals surface area contributed by atoms with Gasteiger partial charge in [-0.25, -0.2) is 0 Å². The summed E-state index contributed by atoms with van der Waals surface area (Å²) in [6, 6.07) is 4.20. The number of hydrogen-bond donors (Lipinski definition) is 0. The lowest BCUT2D eigenvalue weighted by atomic mass is 9.73. The van der Waals surface area contributed by atoms with Gasteiger partial charge in [-0.1, -0.05) is 6.07 Å². The maximum atomic E-state index is 6.14. The number of hydrogen-bond acceptors (Lipinski definition) is 4. The maximum Gasteiger partial charge on any atom is 0.0677 e. The molecular formula is C19H28N2O2. The summed E-state index contributed by atoms with van der Waals surface area (Å²) < 4.78 is 12.3. The first-order chi connectivity index (χ1) is 11.3. The van der Waals surface area contributed by atoms with Crippen LogP contribution in [0.1, 0.15) is 37.7 Å². The summed E-state index contributed by atoms with van der Waals surface area (Å²) in [6.45, 7) is 5.96. The van der Waals surface area contributed by atoms with E-state index in [1.165, 1.54) is 31.2 Å². The highest BCUT2D eigenvalue weighted by molar-refractivity contribution is 5.09. The van der Waals surface area contributed by atoms with Crippen LogP contribution in [0.5, 0.6) is 0 Å². The number of fused-ring (bicyclic) bond motifs is 1. The highest BCUT2D eigenvalue weighted by Crippen LogP contribution is 2.41. The zero-order valence-corrected chi connectivity index (χ0v) is 14.0. The van der Waals surface area contributed by atoms with Crippen molar-refractivity contribution in [1.82, 2.24) is 9.88 Å². The van der Waals surface area contributed by atoms with Gasteiger partial charge in [-0.05, 0) is 49.7 Å². The Labute approximate surface area is 139 Å². The predicted molar refractivity (Wildman–Crippen MR) is 89.1 cm³/mol. The van der Waals surface area contributed by atoms with E-state index in [1.807, 2.05) is 18.5 Å². The zero-order valence-electron chi connectivity index (χ0n) is 14.0. The van der Waals surface area contributed by atoms with E-state index in [-0.39, 0.29) is 5.41 Å². The van der Waals surface area contributed by atoms with E-state index in [4.69, 9.17) is 9.47 Å². The molecular weight excluding hydrogens is 288 g/mol. The topological polar surface area (TPSA) is 34.6 Å². The number of piperidine rings is 1. The Hall–Kier alpha value is -0.970. The van der Waals surface area contributed by atoms with E-state index in [0.717, 1.165) is 51.8 Å². The largest absolute Gasteiger partial charge is 0.380 e. The van der Waals surface area contributed by atoms with Crippen LogP contribution in [0.3, 0.4) is 0 Å². The van der Waals surface area contributed by atoms with E-state index < -0.39 is 0 Å².